The highest BCUT2D eigenvalue weighted by Crippen LogP contribution is 2.29. The molecular formula is C12H14BrFO. The molecule has 1 aromatic rings. The van der Waals surface area contributed by atoms with Crippen LogP contribution in [0, 0.1) is 13.8 Å². The van der Waals surface area contributed by atoms with Gasteiger partial charge in [0.2, 0.25) is 10.4 Å². The molecule has 0 saturated heterocycles. The van der Waals surface area contributed by atoms with E-state index in [0.29, 0.717) is 5.56 Å². The van der Waals surface area contributed by atoms with Crippen molar-refractivity contribution < 1.29 is 9.18 Å². The van der Waals surface area contributed by atoms with Crippen LogP contribution >= 0.6 is 15.9 Å². The van der Waals surface area contributed by atoms with Crippen LogP contribution < -0.4 is 0 Å². The van der Waals surface area contributed by atoms with Gasteiger partial charge in [-0.2, -0.15) is 0 Å². The molecule has 0 unspecified atom stereocenters. The third kappa shape index (κ3) is 2.88. The number of carbonyl (C=O) groups excluding carboxylic acids is 1. The van der Waals surface area contributed by atoms with E-state index in [0.717, 1.165) is 11.1 Å². The van der Waals surface area contributed by atoms with Gasteiger partial charge in [-0.05, 0) is 48.3 Å². The van der Waals surface area contributed by atoms with Gasteiger partial charge in [0.15, 0.2) is 0 Å². The molecule has 0 saturated carbocycles. The molecule has 1 nitrogen and oxygen atoms in total. The molecule has 0 radical (unpaired) electrons. The highest BCUT2D eigenvalue weighted by molar-refractivity contribution is 9.10. The van der Waals surface area contributed by atoms with E-state index in [1.165, 1.54) is 0 Å². The van der Waals surface area contributed by atoms with Crippen molar-refractivity contribution in [1.29, 1.82) is 0 Å². The summed E-state index contributed by atoms with van der Waals surface area (Å²) in [5.41, 5.74) is 2.37. The summed E-state index contributed by atoms with van der Waals surface area (Å²) in [7, 11) is 0. The molecule has 0 heterocycles. The maximum absolute atomic E-state index is 13.7. The van der Waals surface area contributed by atoms with E-state index in [9.17, 15) is 9.18 Å². The first-order valence-corrected chi connectivity index (χ1v) is 5.67. The zero-order valence-corrected chi connectivity index (χ0v) is 10.7. The first kappa shape index (κ1) is 12.4. The maximum Gasteiger partial charge on any atom is 0.226 e. The highest BCUT2D eigenvalue weighted by atomic mass is 79.9. The van der Waals surface area contributed by atoms with Crippen LogP contribution in [0.5, 0.6) is 0 Å². The predicted octanol–water partition coefficient (Wildman–Crippen LogP) is 3.96. The van der Waals surface area contributed by atoms with Crippen LogP contribution in [-0.2, 0) is 0 Å². The van der Waals surface area contributed by atoms with Crippen LogP contribution in [0.15, 0.2) is 18.2 Å². The molecule has 1 rings (SSSR count). The second-order valence-electron chi connectivity index (χ2n) is 3.76. The number of hydrogen-bond donors (Lipinski definition) is 0. The van der Waals surface area contributed by atoms with Crippen molar-refractivity contribution in [1.82, 2.24) is 0 Å². The Balaban J connectivity index is 3.12. The van der Waals surface area contributed by atoms with Crippen molar-refractivity contribution in [3.8, 4) is 0 Å². The van der Waals surface area contributed by atoms with E-state index in [2.05, 4.69) is 15.9 Å². The summed E-state index contributed by atoms with van der Waals surface area (Å²) in [6.07, 6.45) is 0.124. The summed E-state index contributed by atoms with van der Waals surface area (Å²) in [4.78, 5) is 11.8. The quantitative estimate of drug-likeness (QED) is 0.602. The Morgan fingerprint density at radius 1 is 1.33 bits per heavy atom. The van der Waals surface area contributed by atoms with Crippen molar-refractivity contribution >= 4 is 21.7 Å². The lowest BCUT2D eigenvalue weighted by molar-refractivity contribution is 0.0843. The second-order valence-corrected chi connectivity index (χ2v) is 5.02. The standard InChI is InChI=1S/C12H14BrFO/c1-4-12(13,14)11(15)10-6-8(2)5-9(3)7-10/h5-7H,4H2,1-3H3/t12-/m1/s1. The lowest BCUT2D eigenvalue weighted by Crippen LogP contribution is -2.25. The third-order valence-corrected chi connectivity index (χ3v) is 3.18. The molecule has 0 bridgehead atoms. The Hall–Kier alpha value is -0.700. The Morgan fingerprint density at radius 3 is 2.20 bits per heavy atom. The first-order valence-electron chi connectivity index (χ1n) is 4.87. The van der Waals surface area contributed by atoms with Crippen molar-refractivity contribution in [3.05, 3.63) is 34.9 Å². The lowest BCUT2D eigenvalue weighted by Gasteiger charge is -2.15. The summed E-state index contributed by atoms with van der Waals surface area (Å²) < 4.78 is 11.8. The number of Topliss-reactive ketones (excluding diaryl/α,β-unsaturated/α-hetero) is 1. The predicted molar refractivity (Wildman–Crippen MR) is 63.3 cm³/mol. The number of hydrogen-bond acceptors (Lipinski definition) is 1. The molecule has 0 aliphatic carbocycles. The smallest absolute Gasteiger partial charge is 0.226 e. The van der Waals surface area contributed by atoms with Crippen LogP contribution in [-0.4, -0.2) is 10.4 Å². The van der Waals surface area contributed by atoms with Gasteiger partial charge >= 0.3 is 0 Å². The van der Waals surface area contributed by atoms with E-state index in [1.54, 1.807) is 19.1 Å². The largest absolute Gasteiger partial charge is 0.290 e. The molecule has 3 heteroatoms. The van der Waals surface area contributed by atoms with Gasteiger partial charge in [-0.15, -0.1) is 0 Å². The van der Waals surface area contributed by atoms with Crippen LogP contribution in [0.4, 0.5) is 4.39 Å². The fourth-order valence-corrected chi connectivity index (χ4v) is 1.71. The van der Waals surface area contributed by atoms with Gasteiger partial charge in [-0.1, -0.05) is 24.1 Å². The zero-order chi connectivity index (χ0) is 11.6. The monoisotopic (exact) mass is 272 g/mol. The zero-order valence-electron chi connectivity index (χ0n) is 9.10. The van der Waals surface area contributed by atoms with Gasteiger partial charge < -0.3 is 0 Å². The van der Waals surface area contributed by atoms with E-state index in [-0.39, 0.29) is 6.42 Å². The summed E-state index contributed by atoms with van der Waals surface area (Å²) >= 11 is 2.82. The van der Waals surface area contributed by atoms with Crippen molar-refractivity contribution in [2.75, 3.05) is 0 Å². The van der Waals surface area contributed by atoms with E-state index < -0.39 is 10.4 Å². The van der Waals surface area contributed by atoms with E-state index in [4.69, 9.17) is 0 Å². The van der Waals surface area contributed by atoms with Crippen LogP contribution in [0.1, 0.15) is 34.8 Å². The Kier molecular flexibility index (Phi) is 3.66. The molecular weight excluding hydrogens is 259 g/mol. The van der Waals surface area contributed by atoms with Gasteiger partial charge in [0.1, 0.15) is 0 Å². The molecule has 0 fully saturated rings. The van der Waals surface area contributed by atoms with Crippen LogP contribution in [0.2, 0.25) is 0 Å². The van der Waals surface area contributed by atoms with Crippen molar-refractivity contribution in [3.63, 3.8) is 0 Å². The molecule has 0 spiro atoms. The molecule has 0 N–H and O–H groups in total. The molecule has 0 amide bonds. The Labute approximate surface area is 97.8 Å². The van der Waals surface area contributed by atoms with Gasteiger partial charge in [0.25, 0.3) is 0 Å². The SMILES string of the molecule is CC[C@](F)(Br)C(=O)c1cc(C)cc(C)c1. The summed E-state index contributed by atoms with van der Waals surface area (Å²) in [6, 6.07) is 5.37. The van der Waals surface area contributed by atoms with Gasteiger partial charge in [-0.3, -0.25) is 4.79 Å². The molecule has 1 aromatic carbocycles. The Morgan fingerprint density at radius 2 is 1.80 bits per heavy atom. The van der Waals surface area contributed by atoms with Gasteiger partial charge in [-0.25, -0.2) is 4.39 Å². The number of alkyl halides is 2. The lowest BCUT2D eigenvalue weighted by atomic mass is 10.0. The summed E-state index contributed by atoms with van der Waals surface area (Å²) in [6.45, 7) is 5.42. The topological polar surface area (TPSA) is 17.1 Å². The molecule has 82 valence electrons. The molecule has 15 heavy (non-hydrogen) atoms. The van der Waals surface area contributed by atoms with Crippen molar-refractivity contribution in [2.45, 2.75) is 31.8 Å². The highest BCUT2D eigenvalue weighted by Gasteiger charge is 2.33. The fourth-order valence-electron chi connectivity index (χ4n) is 1.48. The molecule has 0 aliphatic rings. The number of halogens is 2. The van der Waals surface area contributed by atoms with Gasteiger partial charge in [0.05, 0.1) is 0 Å². The second kappa shape index (κ2) is 4.44. The molecule has 0 aromatic heterocycles. The van der Waals surface area contributed by atoms with E-state index in [1.807, 2.05) is 19.9 Å². The normalized spacial score (nSPS) is 14.7. The third-order valence-electron chi connectivity index (χ3n) is 2.26. The minimum absolute atomic E-state index is 0.124. The van der Waals surface area contributed by atoms with Gasteiger partial charge in [0, 0.05) is 5.56 Å². The minimum Gasteiger partial charge on any atom is -0.290 e. The number of benzene rings is 1. The maximum atomic E-state index is 13.7. The minimum atomic E-state index is -1.94. The summed E-state index contributed by atoms with van der Waals surface area (Å²) in [5, 5.41) is 0. The number of rotatable bonds is 3. The molecule has 1 atom stereocenters. The number of ketones is 1. The Bertz CT molecular complexity index is 365. The average molecular weight is 273 g/mol. The average Bonchev–Trinajstić information content (AvgIpc) is 2.15. The molecule has 0 aliphatic heterocycles. The summed E-state index contributed by atoms with van der Waals surface area (Å²) in [5.74, 6) is -0.503. The number of aryl methyl sites for hydroxylation is 2. The van der Waals surface area contributed by atoms with Crippen molar-refractivity contribution in [2.24, 2.45) is 0 Å². The van der Waals surface area contributed by atoms with Crippen LogP contribution in [0.3, 0.4) is 0 Å². The first-order chi connectivity index (χ1) is 6.86. The number of carbonyl (C=O) groups is 1. The fraction of sp³-hybridized carbons (Fsp3) is 0.417. The van der Waals surface area contributed by atoms with Crippen LogP contribution in [0.25, 0.3) is 0 Å². The van der Waals surface area contributed by atoms with E-state index >= 15 is 0 Å².